The summed E-state index contributed by atoms with van der Waals surface area (Å²) in [4.78, 5) is 66.0. The van der Waals surface area contributed by atoms with Gasteiger partial charge in [0, 0.05) is 0 Å². The van der Waals surface area contributed by atoms with Crippen LogP contribution in [-0.4, -0.2) is 57.6 Å². The van der Waals surface area contributed by atoms with E-state index in [0.717, 1.165) is 4.68 Å². The van der Waals surface area contributed by atoms with Crippen LogP contribution in [0.1, 0.15) is 43.0 Å². The van der Waals surface area contributed by atoms with Gasteiger partial charge in [0.05, 0.1) is 16.7 Å². The van der Waals surface area contributed by atoms with E-state index in [2.05, 4.69) is 10.1 Å². The van der Waals surface area contributed by atoms with Crippen LogP contribution in [0.2, 0.25) is 0 Å². The fraction of sp³-hybridized carbons (Fsp3) is 0.200. The van der Waals surface area contributed by atoms with Crippen LogP contribution in [0, 0.1) is 6.92 Å². The minimum absolute atomic E-state index is 0.0666. The van der Waals surface area contributed by atoms with Crippen molar-refractivity contribution in [3.63, 3.8) is 0 Å². The predicted octanol–water partition coefficient (Wildman–Crippen LogP) is 2.45. The number of nitrogens with one attached hydrogen (secondary N) is 1. The Morgan fingerprint density at radius 1 is 0.762 bits per heavy atom. The van der Waals surface area contributed by atoms with Crippen molar-refractivity contribution in [3.8, 4) is 0 Å². The third-order valence-electron chi connectivity index (χ3n) is 6.43. The Kier molecular flexibility index (Phi) is 8.34. The molecule has 1 aliphatic heterocycles. The van der Waals surface area contributed by atoms with Crippen molar-refractivity contribution in [2.75, 3.05) is 6.61 Å². The molecule has 5 rings (SSSR count). The SMILES string of the molecule is Cc1nn([C@H]2O[C@@H](COC(=O)c3ccccc3)[C@@H](OC(=O)c3ccccc3)[C@H]2OC(=O)c2ccccc2)c(=O)[nH]c1=O. The van der Waals surface area contributed by atoms with Gasteiger partial charge in [0.2, 0.25) is 0 Å². The first-order valence-corrected chi connectivity index (χ1v) is 12.9. The number of carbonyl (C=O) groups is 3. The van der Waals surface area contributed by atoms with Crippen LogP contribution < -0.4 is 11.2 Å². The van der Waals surface area contributed by atoms with Gasteiger partial charge in [-0.2, -0.15) is 9.78 Å². The first-order valence-electron chi connectivity index (χ1n) is 12.9. The minimum Gasteiger partial charge on any atom is -0.459 e. The normalized spacial score (nSPS) is 19.5. The monoisotopic (exact) mass is 571 g/mol. The molecule has 4 atom stereocenters. The number of aryl methyl sites for hydroxylation is 1. The van der Waals surface area contributed by atoms with Gasteiger partial charge in [0.1, 0.15) is 18.4 Å². The van der Waals surface area contributed by atoms with Gasteiger partial charge in [-0.3, -0.25) is 9.78 Å². The number of H-pyrrole nitrogens is 1. The molecule has 12 heteroatoms. The molecule has 1 fully saturated rings. The number of aromatic amines is 1. The highest BCUT2D eigenvalue weighted by atomic mass is 16.7. The van der Waals surface area contributed by atoms with Gasteiger partial charge in [0.15, 0.2) is 18.4 Å². The maximum absolute atomic E-state index is 13.2. The lowest BCUT2D eigenvalue weighted by atomic mass is 10.1. The zero-order valence-electron chi connectivity index (χ0n) is 22.2. The first kappa shape index (κ1) is 28.2. The summed E-state index contributed by atoms with van der Waals surface area (Å²) in [6.45, 7) is 0.939. The first-order chi connectivity index (χ1) is 20.3. The molecule has 1 aromatic heterocycles. The number of ether oxygens (including phenoxy) is 4. The fourth-order valence-electron chi connectivity index (χ4n) is 4.32. The number of rotatable bonds is 8. The van der Waals surface area contributed by atoms with Crippen molar-refractivity contribution >= 4 is 17.9 Å². The van der Waals surface area contributed by atoms with Gasteiger partial charge in [-0.15, -0.1) is 0 Å². The molecule has 0 saturated carbocycles. The Balaban J connectivity index is 1.52. The van der Waals surface area contributed by atoms with E-state index in [-0.39, 0.29) is 22.4 Å². The number of carbonyl (C=O) groups excluding carboxylic acids is 3. The number of esters is 3. The molecular weight excluding hydrogens is 546 g/mol. The zero-order chi connectivity index (χ0) is 29.6. The molecule has 0 unspecified atom stereocenters. The summed E-state index contributed by atoms with van der Waals surface area (Å²) in [7, 11) is 0. The second-order valence-electron chi connectivity index (χ2n) is 9.29. The molecule has 1 aliphatic rings. The van der Waals surface area contributed by atoms with Crippen LogP contribution in [0.25, 0.3) is 0 Å². The molecule has 1 N–H and O–H groups in total. The van der Waals surface area contributed by atoms with E-state index >= 15 is 0 Å². The van der Waals surface area contributed by atoms with Gasteiger partial charge >= 0.3 is 23.6 Å². The van der Waals surface area contributed by atoms with E-state index in [9.17, 15) is 24.0 Å². The lowest BCUT2D eigenvalue weighted by Gasteiger charge is -2.24. The van der Waals surface area contributed by atoms with E-state index in [4.69, 9.17) is 18.9 Å². The van der Waals surface area contributed by atoms with Crippen LogP contribution in [-0.2, 0) is 18.9 Å². The maximum atomic E-state index is 13.2. The summed E-state index contributed by atoms with van der Waals surface area (Å²) in [6, 6.07) is 24.3. The van der Waals surface area contributed by atoms with Crippen LogP contribution >= 0.6 is 0 Å². The Morgan fingerprint density at radius 3 is 1.76 bits per heavy atom. The Morgan fingerprint density at radius 2 is 1.24 bits per heavy atom. The summed E-state index contributed by atoms with van der Waals surface area (Å²) in [5.74, 6) is -2.25. The third-order valence-corrected chi connectivity index (χ3v) is 6.43. The molecule has 0 radical (unpaired) electrons. The van der Waals surface area contributed by atoms with Gasteiger partial charge < -0.3 is 18.9 Å². The van der Waals surface area contributed by atoms with Crippen LogP contribution in [0.5, 0.6) is 0 Å². The van der Waals surface area contributed by atoms with E-state index in [0.29, 0.717) is 0 Å². The Labute approximate surface area is 238 Å². The molecule has 0 spiro atoms. The van der Waals surface area contributed by atoms with Gasteiger partial charge in [-0.05, 0) is 43.3 Å². The second kappa shape index (κ2) is 12.4. The highest BCUT2D eigenvalue weighted by molar-refractivity contribution is 5.91. The van der Waals surface area contributed by atoms with Crippen molar-refractivity contribution in [1.82, 2.24) is 14.8 Å². The average molecular weight is 572 g/mol. The molecule has 0 bridgehead atoms. The van der Waals surface area contributed by atoms with E-state index in [1.54, 1.807) is 66.7 Å². The predicted molar refractivity (Wildman–Crippen MR) is 146 cm³/mol. The average Bonchev–Trinajstić information content (AvgIpc) is 3.34. The quantitative estimate of drug-likeness (QED) is 0.246. The topological polar surface area (TPSA) is 156 Å². The van der Waals surface area contributed by atoms with Crippen LogP contribution in [0.3, 0.4) is 0 Å². The van der Waals surface area contributed by atoms with Crippen LogP contribution in [0.4, 0.5) is 0 Å². The highest BCUT2D eigenvalue weighted by Gasteiger charge is 2.52. The van der Waals surface area contributed by atoms with E-state index in [1.165, 1.54) is 31.2 Å². The fourth-order valence-corrected chi connectivity index (χ4v) is 4.32. The van der Waals surface area contributed by atoms with Gasteiger partial charge in [-0.1, -0.05) is 54.6 Å². The van der Waals surface area contributed by atoms with Gasteiger partial charge in [0.25, 0.3) is 5.56 Å². The van der Waals surface area contributed by atoms with Crippen molar-refractivity contribution in [1.29, 1.82) is 0 Å². The molecule has 0 aliphatic carbocycles. The summed E-state index contributed by atoms with van der Waals surface area (Å²) in [6.07, 6.45) is -5.47. The molecule has 1 saturated heterocycles. The largest absolute Gasteiger partial charge is 0.459 e. The molecule has 214 valence electrons. The van der Waals surface area contributed by atoms with Gasteiger partial charge in [-0.25, -0.2) is 19.2 Å². The number of aromatic nitrogens is 3. The Hall–Kier alpha value is -5.36. The van der Waals surface area contributed by atoms with Crippen LogP contribution in [0.15, 0.2) is 101 Å². The van der Waals surface area contributed by atoms with Crippen molar-refractivity contribution < 1.29 is 33.3 Å². The number of nitrogens with zero attached hydrogens (tertiary/aromatic N) is 2. The molecule has 42 heavy (non-hydrogen) atoms. The van der Waals surface area contributed by atoms with Crippen molar-refractivity contribution in [3.05, 3.63) is 134 Å². The number of hydrogen-bond donors (Lipinski definition) is 1. The molecule has 3 aromatic carbocycles. The smallest absolute Gasteiger partial charge is 0.347 e. The van der Waals surface area contributed by atoms with E-state index < -0.39 is 60.3 Å². The van der Waals surface area contributed by atoms with Crippen molar-refractivity contribution in [2.45, 2.75) is 31.5 Å². The lowest BCUT2D eigenvalue weighted by molar-refractivity contribution is -0.0701. The third kappa shape index (κ3) is 6.18. The minimum atomic E-state index is -1.46. The summed E-state index contributed by atoms with van der Waals surface area (Å²) >= 11 is 0. The second-order valence-corrected chi connectivity index (χ2v) is 9.29. The van der Waals surface area contributed by atoms with E-state index in [1.807, 2.05) is 0 Å². The number of benzene rings is 3. The Bertz CT molecular complexity index is 1690. The number of hydrogen-bond acceptors (Lipinski definition) is 10. The zero-order valence-corrected chi connectivity index (χ0v) is 22.2. The summed E-state index contributed by atoms with van der Waals surface area (Å²) < 4.78 is 23.9. The maximum Gasteiger partial charge on any atom is 0.347 e. The molecule has 2 heterocycles. The summed E-state index contributed by atoms with van der Waals surface area (Å²) in [5, 5.41) is 4.03. The lowest BCUT2D eigenvalue weighted by Crippen LogP contribution is -2.44. The molecule has 12 nitrogen and oxygen atoms in total. The summed E-state index contributed by atoms with van der Waals surface area (Å²) in [5.41, 5.74) is -1.08. The van der Waals surface area contributed by atoms with Crippen molar-refractivity contribution in [2.24, 2.45) is 0 Å². The molecule has 0 amide bonds. The highest BCUT2D eigenvalue weighted by Crippen LogP contribution is 2.34. The molecule has 4 aromatic rings. The standard InChI is InChI=1S/C30H25N3O9/c1-18-25(34)31-30(38)33(32-18)26-24(42-29(37)21-15-9-4-10-16-21)23(41-28(36)20-13-7-3-8-14-20)22(40-26)17-39-27(35)19-11-5-2-6-12-19/h2-16,22-24,26H,17H2,1H3,(H,31,34,38)/t22-,23+,24+,26-/m0/s1. The molecular formula is C30H25N3O9.